The van der Waals surface area contributed by atoms with Gasteiger partial charge in [-0.3, -0.25) is 11.3 Å². The van der Waals surface area contributed by atoms with Crippen LogP contribution < -0.4 is 16.6 Å². The van der Waals surface area contributed by atoms with E-state index >= 15 is 0 Å². The maximum absolute atomic E-state index is 5.14. The van der Waals surface area contributed by atoms with Gasteiger partial charge in [0, 0.05) is 12.6 Å². The predicted octanol–water partition coefficient (Wildman–Crippen LogP) is -1.19. The minimum Gasteiger partial charge on any atom is -0.315 e. The molecule has 1 saturated heterocycles. The van der Waals surface area contributed by atoms with Crippen LogP contribution in [0.25, 0.3) is 0 Å². The van der Waals surface area contributed by atoms with Gasteiger partial charge in [0.25, 0.3) is 0 Å². The average Bonchev–Trinajstić information content (AvgIpc) is 2.14. The third-order valence-corrected chi connectivity index (χ3v) is 1.30. The number of nitrogens with one attached hydrogen (secondary N) is 2. The highest BCUT2D eigenvalue weighted by molar-refractivity contribution is 4.74. The number of nitrogens with two attached hydrogens (primary N) is 1. The molecule has 0 aromatic rings. The summed E-state index contributed by atoms with van der Waals surface area (Å²) >= 11 is 0. The van der Waals surface area contributed by atoms with Crippen molar-refractivity contribution < 1.29 is 0 Å². The van der Waals surface area contributed by atoms with Gasteiger partial charge >= 0.3 is 0 Å². The molecule has 0 aromatic carbocycles. The highest BCUT2D eigenvalue weighted by atomic mass is 15.3. The van der Waals surface area contributed by atoms with E-state index in [-0.39, 0.29) is 0 Å². The van der Waals surface area contributed by atoms with Crippen LogP contribution in [0.5, 0.6) is 0 Å². The quantitative estimate of drug-likeness (QED) is 0.287. The van der Waals surface area contributed by atoms with Gasteiger partial charge in [0.1, 0.15) is 0 Å². The second kappa shape index (κ2) is 2.26. The SMILES string of the molecule is NNC1CCNC1. The van der Waals surface area contributed by atoms with Gasteiger partial charge in [-0.25, -0.2) is 0 Å². The van der Waals surface area contributed by atoms with E-state index in [1.54, 1.807) is 0 Å². The molecule has 1 aliphatic rings. The lowest BCUT2D eigenvalue weighted by atomic mass is 10.3. The fourth-order valence-electron chi connectivity index (χ4n) is 0.797. The molecule has 3 nitrogen and oxygen atoms in total. The van der Waals surface area contributed by atoms with Crippen molar-refractivity contribution in [1.82, 2.24) is 10.7 Å². The van der Waals surface area contributed by atoms with Crippen molar-refractivity contribution in [2.24, 2.45) is 5.84 Å². The second-order valence-corrected chi connectivity index (χ2v) is 1.86. The lowest BCUT2D eigenvalue weighted by Gasteiger charge is -2.02. The van der Waals surface area contributed by atoms with Gasteiger partial charge in [0.15, 0.2) is 0 Å². The standard InChI is InChI=1S/C4H11N3/c5-7-4-1-2-6-3-4/h4,6-7H,1-3,5H2. The van der Waals surface area contributed by atoms with Crippen LogP contribution in [0.3, 0.4) is 0 Å². The molecule has 1 heterocycles. The van der Waals surface area contributed by atoms with Crippen molar-refractivity contribution >= 4 is 0 Å². The van der Waals surface area contributed by atoms with Crippen molar-refractivity contribution in [3.05, 3.63) is 0 Å². The lowest BCUT2D eigenvalue weighted by molar-refractivity contribution is 0.570. The third-order valence-electron chi connectivity index (χ3n) is 1.30. The number of hydrazine groups is 1. The Hall–Kier alpha value is -0.120. The normalized spacial score (nSPS) is 31.3. The van der Waals surface area contributed by atoms with E-state index in [4.69, 9.17) is 5.84 Å². The summed E-state index contributed by atoms with van der Waals surface area (Å²) in [4.78, 5) is 0. The molecule has 4 N–H and O–H groups in total. The topological polar surface area (TPSA) is 50.1 Å². The Labute approximate surface area is 43.2 Å². The fourth-order valence-corrected chi connectivity index (χ4v) is 0.797. The van der Waals surface area contributed by atoms with Gasteiger partial charge in [0.05, 0.1) is 0 Å². The van der Waals surface area contributed by atoms with Crippen molar-refractivity contribution in [1.29, 1.82) is 0 Å². The summed E-state index contributed by atoms with van der Waals surface area (Å²) in [5.41, 5.74) is 2.70. The molecule has 3 heteroatoms. The summed E-state index contributed by atoms with van der Waals surface area (Å²) in [6, 6.07) is 0.514. The molecule has 0 saturated carbocycles. The lowest BCUT2D eigenvalue weighted by Crippen LogP contribution is -2.36. The van der Waals surface area contributed by atoms with Gasteiger partial charge < -0.3 is 5.32 Å². The molecule has 42 valence electrons. The molecule has 1 rings (SSSR count). The van der Waals surface area contributed by atoms with Gasteiger partial charge in [-0.1, -0.05) is 0 Å². The molecule has 1 fully saturated rings. The van der Waals surface area contributed by atoms with Gasteiger partial charge in [0.2, 0.25) is 0 Å². The van der Waals surface area contributed by atoms with Crippen LogP contribution in [0, 0.1) is 0 Å². The molecular formula is C4H11N3. The highest BCUT2D eigenvalue weighted by Crippen LogP contribution is 1.92. The van der Waals surface area contributed by atoms with Crippen LogP contribution in [0.2, 0.25) is 0 Å². The maximum atomic E-state index is 5.14. The second-order valence-electron chi connectivity index (χ2n) is 1.86. The van der Waals surface area contributed by atoms with Gasteiger partial charge in [-0.05, 0) is 13.0 Å². The Morgan fingerprint density at radius 2 is 2.57 bits per heavy atom. The number of rotatable bonds is 1. The Balaban J connectivity index is 2.14. The first-order valence-electron chi connectivity index (χ1n) is 2.60. The van der Waals surface area contributed by atoms with E-state index in [0.29, 0.717) is 6.04 Å². The van der Waals surface area contributed by atoms with Crippen LogP contribution in [-0.4, -0.2) is 19.1 Å². The Bertz CT molecular complexity index is 48.9. The predicted molar refractivity (Wildman–Crippen MR) is 28.6 cm³/mol. The van der Waals surface area contributed by atoms with Crippen molar-refractivity contribution in [2.75, 3.05) is 13.1 Å². The third kappa shape index (κ3) is 1.12. The van der Waals surface area contributed by atoms with Crippen molar-refractivity contribution in [3.63, 3.8) is 0 Å². The molecule has 0 radical (unpaired) electrons. The zero-order chi connectivity index (χ0) is 5.11. The van der Waals surface area contributed by atoms with Crippen LogP contribution in [0.1, 0.15) is 6.42 Å². The molecule has 0 amide bonds. The minimum atomic E-state index is 0.514. The largest absolute Gasteiger partial charge is 0.315 e. The summed E-state index contributed by atoms with van der Waals surface area (Å²) in [5.74, 6) is 5.14. The summed E-state index contributed by atoms with van der Waals surface area (Å²) in [5, 5.41) is 3.18. The minimum absolute atomic E-state index is 0.514. The van der Waals surface area contributed by atoms with Crippen LogP contribution >= 0.6 is 0 Å². The maximum Gasteiger partial charge on any atom is 0.0347 e. The first-order valence-corrected chi connectivity index (χ1v) is 2.60. The van der Waals surface area contributed by atoms with Gasteiger partial charge in [-0.15, -0.1) is 0 Å². The monoisotopic (exact) mass is 101 g/mol. The average molecular weight is 101 g/mol. The van der Waals surface area contributed by atoms with Crippen molar-refractivity contribution in [3.8, 4) is 0 Å². The smallest absolute Gasteiger partial charge is 0.0347 e. The highest BCUT2D eigenvalue weighted by Gasteiger charge is 2.10. The first kappa shape index (κ1) is 5.03. The molecular weight excluding hydrogens is 90.1 g/mol. The summed E-state index contributed by atoms with van der Waals surface area (Å²) < 4.78 is 0. The zero-order valence-corrected chi connectivity index (χ0v) is 4.28. The first-order chi connectivity index (χ1) is 3.43. The van der Waals surface area contributed by atoms with Gasteiger partial charge in [-0.2, -0.15) is 0 Å². The molecule has 1 aliphatic heterocycles. The van der Waals surface area contributed by atoms with Crippen LogP contribution in [0.15, 0.2) is 0 Å². The molecule has 1 atom stereocenters. The van der Waals surface area contributed by atoms with E-state index in [2.05, 4.69) is 10.7 Å². The Kier molecular flexibility index (Phi) is 1.62. The molecule has 0 aromatic heterocycles. The Morgan fingerprint density at radius 3 is 2.86 bits per heavy atom. The Morgan fingerprint density at radius 1 is 1.71 bits per heavy atom. The number of hydrogen-bond acceptors (Lipinski definition) is 3. The molecule has 0 spiro atoms. The van der Waals surface area contributed by atoms with E-state index in [1.807, 2.05) is 0 Å². The summed E-state index contributed by atoms with van der Waals surface area (Å²) in [6.07, 6.45) is 1.16. The van der Waals surface area contributed by atoms with E-state index in [9.17, 15) is 0 Å². The van der Waals surface area contributed by atoms with Crippen LogP contribution in [-0.2, 0) is 0 Å². The summed E-state index contributed by atoms with van der Waals surface area (Å²) in [7, 11) is 0. The van der Waals surface area contributed by atoms with E-state index < -0.39 is 0 Å². The fraction of sp³-hybridized carbons (Fsp3) is 1.00. The molecule has 0 aliphatic carbocycles. The molecule has 1 unspecified atom stereocenters. The van der Waals surface area contributed by atoms with Crippen LogP contribution in [0.4, 0.5) is 0 Å². The van der Waals surface area contributed by atoms with E-state index in [0.717, 1.165) is 19.5 Å². The zero-order valence-electron chi connectivity index (χ0n) is 4.28. The summed E-state index contributed by atoms with van der Waals surface area (Å²) in [6.45, 7) is 2.13. The number of hydrogen-bond donors (Lipinski definition) is 3. The van der Waals surface area contributed by atoms with Crippen molar-refractivity contribution in [2.45, 2.75) is 12.5 Å². The molecule has 7 heavy (non-hydrogen) atoms. The van der Waals surface area contributed by atoms with E-state index in [1.165, 1.54) is 0 Å². The molecule has 0 bridgehead atoms.